The molecule has 0 aliphatic heterocycles. The van der Waals surface area contributed by atoms with Crippen molar-refractivity contribution in [3.63, 3.8) is 0 Å². The van der Waals surface area contributed by atoms with Crippen molar-refractivity contribution < 1.29 is 22.0 Å². The fourth-order valence-electron chi connectivity index (χ4n) is 2.20. The van der Waals surface area contributed by atoms with Gasteiger partial charge in [-0.15, -0.1) is 0 Å². The first-order valence-corrected chi connectivity index (χ1v) is 5.10. The van der Waals surface area contributed by atoms with Gasteiger partial charge < -0.3 is 0 Å². The SMILES string of the molecule is FC1=C(F)C(F)(F)c2cccc3ccc(F)c1c23. The van der Waals surface area contributed by atoms with Gasteiger partial charge in [0.25, 0.3) is 0 Å². The minimum Gasteiger partial charge on any atom is -0.206 e. The molecule has 0 unspecified atom stereocenters. The molecule has 0 amide bonds. The van der Waals surface area contributed by atoms with Crippen molar-refractivity contribution in [3.8, 4) is 0 Å². The first kappa shape index (κ1) is 11.2. The highest BCUT2D eigenvalue weighted by Crippen LogP contribution is 2.50. The normalized spacial score (nSPS) is 17.4. The number of hydrogen-bond donors (Lipinski definition) is 0. The van der Waals surface area contributed by atoms with Gasteiger partial charge in [0.2, 0.25) is 5.83 Å². The lowest BCUT2D eigenvalue weighted by Gasteiger charge is -2.23. The Kier molecular flexibility index (Phi) is 2.06. The monoisotopic (exact) mass is 256 g/mol. The number of halogens is 5. The van der Waals surface area contributed by atoms with Gasteiger partial charge in [-0.05, 0) is 11.5 Å². The lowest BCUT2D eigenvalue weighted by Crippen LogP contribution is -2.20. The smallest absolute Gasteiger partial charge is 0.206 e. The van der Waals surface area contributed by atoms with Gasteiger partial charge in [-0.25, -0.2) is 13.2 Å². The third-order valence-electron chi connectivity index (χ3n) is 3.02. The van der Waals surface area contributed by atoms with Crippen LogP contribution in [0.25, 0.3) is 16.6 Å². The van der Waals surface area contributed by atoms with Crippen LogP contribution >= 0.6 is 0 Å². The molecule has 0 nitrogen and oxygen atoms in total. The minimum atomic E-state index is -4.07. The lowest BCUT2D eigenvalue weighted by molar-refractivity contribution is 0.0139. The molecule has 0 saturated heterocycles. The fraction of sp³-hybridized carbons (Fsp3) is 0.0769. The van der Waals surface area contributed by atoms with Gasteiger partial charge in [-0.3, -0.25) is 0 Å². The molecule has 2 aromatic rings. The highest BCUT2D eigenvalue weighted by atomic mass is 19.3. The summed E-state index contributed by atoms with van der Waals surface area (Å²) in [6.07, 6.45) is 0. The Labute approximate surface area is 98.3 Å². The number of alkyl halides is 2. The Hall–Kier alpha value is -1.91. The van der Waals surface area contributed by atoms with Crippen LogP contribution in [0, 0.1) is 5.82 Å². The molecule has 2 aromatic carbocycles. The summed E-state index contributed by atoms with van der Waals surface area (Å²) in [6, 6.07) is 5.89. The molecule has 0 spiro atoms. The molecule has 0 bridgehead atoms. The molecule has 0 radical (unpaired) electrons. The van der Waals surface area contributed by atoms with Crippen molar-refractivity contribution >= 4 is 16.6 Å². The van der Waals surface area contributed by atoms with Crippen LogP contribution < -0.4 is 0 Å². The van der Waals surface area contributed by atoms with E-state index < -0.39 is 34.5 Å². The fourth-order valence-corrected chi connectivity index (χ4v) is 2.20. The highest BCUT2D eigenvalue weighted by Gasteiger charge is 2.46. The summed E-state index contributed by atoms with van der Waals surface area (Å²) in [4.78, 5) is 0. The van der Waals surface area contributed by atoms with Crippen LogP contribution in [0.5, 0.6) is 0 Å². The number of rotatable bonds is 0. The van der Waals surface area contributed by atoms with Crippen LogP contribution in [0.4, 0.5) is 22.0 Å². The van der Waals surface area contributed by atoms with Crippen molar-refractivity contribution in [2.45, 2.75) is 5.92 Å². The van der Waals surface area contributed by atoms with Gasteiger partial charge in [-0.2, -0.15) is 8.78 Å². The van der Waals surface area contributed by atoms with E-state index in [2.05, 4.69) is 0 Å². The van der Waals surface area contributed by atoms with Crippen LogP contribution in [0.1, 0.15) is 11.1 Å². The molecule has 1 aliphatic rings. The predicted molar refractivity (Wildman–Crippen MR) is 56.9 cm³/mol. The Bertz CT molecular complexity index is 700. The third-order valence-corrected chi connectivity index (χ3v) is 3.02. The summed E-state index contributed by atoms with van der Waals surface area (Å²) >= 11 is 0. The second-order valence-electron chi connectivity index (χ2n) is 4.03. The van der Waals surface area contributed by atoms with E-state index >= 15 is 0 Å². The molecular weight excluding hydrogens is 251 g/mol. The van der Waals surface area contributed by atoms with E-state index in [9.17, 15) is 22.0 Å². The van der Waals surface area contributed by atoms with Crippen LogP contribution in [-0.2, 0) is 5.92 Å². The van der Waals surface area contributed by atoms with Gasteiger partial charge in [0.15, 0.2) is 5.83 Å². The molecule has 0 atom stereocenters. The molecule has 0 aromatic heterocycles. The van der Waals surface area contributed by atoms with E-state index in [1.807, 2.05) is 0 Å². The summed E-state index contributed by atoms with van der Waals surface area (Å²) in [5, 5.41) is -0.0346. The molecule has 5 heteroatoms. The second kappa shape index (κ2) is 3.31. The predicted octanol–water partition coefficient (Wildman–Crippen LogP) is 4.69. The van der Waals surface area contributed by atoms with Gasteiger partial charge >= 0.3 is 5.92 Å². The average Bonchev–Trinajstić information content (AvgIpc) is 2.34. The van der Waals surface area contributed by atoms with Crippen molar-refractivity contribution in [3.05, 3.63) is 53.1 Å². The lowest BCUT2D eigenvalue weighted by atomic mass is 9.89. The first-order chi connectivity index (χ1) is 8.44. The third kappa shape index (κ3) is 1.19. The van der Waals surface area contributed by atoms with E-state index in [-0.39, 0.29) is 10.8 Å². The summed E-state index contributed by atoms with van der Waals surface area (Å²) in [5.41, 5.74) is -1.44. The molecule has 0 heterocycles. The largest absolute Gasteiger partial charge is 0.327 e. The molecular formula is C13H5F5. The maximum atomic E-state index is 13.6. The van der Waals surface area contributed by atoms with Crippen LogP contribution in [0.15, 0.2) is 36.2 Å². The van der Waals surface area contributed by atoms with Crippen molar-refractivity contribution in [2.75, 3.05) is 0 Å². The molecule has 1 aliphatic carbocycles. The number of allylic oxidation sites excluding steroid dienone is 1. The Morgan fingerprint density at radius 2 is 1.61 bits per heavy atom. The van der Waals surface area contributed by atoms with Crippen LogP contribution in [0.2, 0.25) is 0 Å². The highest BCUT2D eigenvalue weighted by molar-refractivity contribution is 5.98. The van der Waals surface area contributed by atoms with Crippen molar-refractivity contribution in [2.24, 2.45) is 0 Å². The van der Waals surface area contributed by atoms with Crippen molar-refractivity contribution in [1.82, 2.24) is 0 Å². The van der Waals surface area contributed by atoms with Crippen LogP contribution in [0.3, 0.4) is 0 Å². The van der Waals surface area contributed by atoms with E-state index in [1.165, 1.54) is 18.2 Å². The van der Waals surface area contributed by atoms with E-state index in [4.69, 9.17) is 0 Å². The molecule has 0 fully saturated rings. The molecule has 0 saturated carbocycles. The quantitative estimate of drug-likeness (QED) is 0.600. The zero-order chi connectivity index (χ0) is 13.1. The van der Waals surface area contributed by atoms with Gasteiger partial charge in [0.1, 0.15) is 5.82 Å². The van der Waals surface area contributed by atoms with E-state index in [0.29, 0.717) is 0 Å². The summed E-state index contributed by atoms with van der Waals surface area (Å²) in [6.45, 7) is 0. The zero-order valence-electron chi connectivity index (χ0n) is 8.78. The summed E-state index contributed by atoms with van der Waals surface area (Å²) in [7, 11) is 0. The molecule has 3 rings (SSSR count). The first-order valence-electron chi connectivity index (χ1n) is 5.10. The Morgan fingerprint density at radius 3 is 2.33 bits per heavy atom. The van der Waals surface area contributed by atoms with Crippen LogP contribution in [-0.4, -0.2) is 0 Å². The number of hydrogen-bond acceptors (Lipinski definition) is 0. The average molecular weight is 256 g/mol. The van der Waals surface area contributed by atoms with Gasteiger partial charge in [0, 0.05) is 10.9 Å². The molecule has 0 N–H and O–H groups in total. The Balaban J connectivity index is 2.60. The Morgan fingerprint density at radius 1 is 0.889 bits per heavy atom. The van der Waals surface area contributed by atoms with Gasteiger partial charge in [0.05, 0.1) is 5.56 Å². The zero-order valence-corrected chi connectivity index (χ0v) is 8.78. The summed E-state index contributed by atoms with van der Waals surface area (Å²) < 4.78 is 67.7. The second-order valence-corrected chi connectivity index (χ2v) is 4.03. The summed E-state index contributed by atoms with van der Waals surface area (Å²) in [5.74, 6) is -9.20. The number of benzene rings is 2. The van der Waals surface area contributed by atoms with Crippen molar-refractivity contribution in [1.29, 1.82) is 0 Å². The van der Waals surface area contributed by atoms with E-state index in [1.54, 1.807) is 0 Å². The maximum Gasteiger partial charge on any atom is 0.327 e. The molecule has 18 heavy (non-hydrogen) atoms. The van der Waals surface area contributed by atoms with E-state index in [0.717, 1.165) is 12.1 Å². The topological polar surface area (TPSA) is 0 Å². The van der Waals surface area contributed by atoms with Gasteiger partial charge in [-0.1, -0.05) is 24.3 Å². The maximum absolute atomic E-state index is 13.6. The molecule has 92 valence electrons. The minimum absolute atomic E-state index is 0.242. The standard InChI is InChI=1S/C13H5F5/c14-8-5-4-6-2-1-3-7-9(6)10(8)11(15)12(16)13(7,17)18/h1-5H.